The maximum atomic E-state index is 5.70. The summed E-state index contributed by atoms with van der Waals surface area (Å²) in [6.45, 7) is 7.92. The molecule has 1 atom stereocenters. The lowest BCUT2D eigenvalue weighted by Gasteiger charge is -2.14. The first-order valence-electron chi connectivity index (χ1n) is 5.71. The summed E-state index contributed by atoms with van der Waals surface area (Å²) in [5.74, 6) is 0. The molecule has 0 aliphatic rings. The Labute approximate surface area is 100 Å². The quantitative estimate of drug-likeness (QED) is 0.679. The van der Waals surface area contributed by atoms with E-state index in [1.165, 1.54) is 5.56 Å². The molecule has 0 spiro atoms. The fourth-order valence-corrected chi connectivity index (χ4v) is 1.82. The molecule has 0 amide bonds. The molecule has 0 saturated carbocycles. The monoisotopic (exact) mass is 237 g/mol. The summed E-state index contributed by atoms with van der Waals surface area (Å²) in [5, 5.41) is 0. The molecule has 0 unspecified atom stereocenters. The molecular weight excluding hydrogens is 216 g/mol. The van der Waals surface area contributed by atoms with Gasteiger partial charge in [-0.05, 0) is 12.5 Å². The topological polar surface area (TPSA) is 18.5 Å². The third kappa shape index (κ3) is 6.05. The van der Waals surface area contributed by atoms with E-state index in [9.17, 15) is 0 Å². The first-order valence-corrected chi connectivity index (χ1v) is 8.41. The SMILES string of the molecule is C[C@@H](COC[Si](C)C)OCc1ccccc1. The summed E-state index contributed by atoms with van der Waals surface area (Å²) in [5.41, 5.74) is 1.21. The van der Waals surface area contributed by atoms with Crippen LogP contribution in [0.15, 0.2) is 30.3 Å². The fourth-order valence-electron chi connectivity index (χ4n) is 1.29. The second-order valence-corrected chi connectivity index (χ2v) is 7.03. The van der Waals surface area contributed by atoms with Crippen molar-refractivity contribution in [1.82, 2.24) is 0 Å². The summed E-state index contributed by atoms with van der Waals surface area (Å²) in [7, 11) is -0.274. The predicted molar refractivity (Wildman–Crippen MR) is 69.0 cm³/mol. The molecule has 0 saturated heterocycles. The van der Waals surface area contributed by atoms with Crippen LogP contribution in [0.5, 0.6) is 0 Å². The molecule has 0 N–H and O–H groups in total. The standard InChI is InChI=1S/C13H21O2Si/c1-12(9-14-11-16(2)3)15-10-13-7-5-4-6-8-13/h4-8,12H,9-11H2,1-3H3/t12-/m0/s1. The first-order chi connectivity index (χ1) is 7.68. The van der Waals surface area contributed by atoms with Gasteiger partial charge in [0.2, 0.25) is 0 Å². The third-order valence-corrected chi connectivity index (χ3v) is 2.90. The van der Waals surface area contributed by atoms with Crippen molar-refractivity contribution < 1.29 is 9.47 Å². The predicted octanol–water partition coefficient (Wildman–Crippen LogP) is 2.90. The van der Waals surface area contributed by atoms with Gasteiger partial charge < -0.3 is 9.47 Å². The molecule has 1 aromatic carbocycles. The molecule has 0 aliphatic heterocycles. The zero-order valence-electron chi connectivity index (χ0n) is 10.4. The van der Waals surface area contributed by atoms with Crippen LogP contribution in [0, 0.1) is 0 Å². The van der Waals surface area contributed by atoms with Crippen LogP contribution in [-0.4, -0.2) is 27.7 Å². The molecule has 0 aliphatic carbocycles. The van der Waals surface area contributed by atoms with Gasteiger partial charge in [-0.3, -0.25) is 0 Å². The average Bonchev–Trinajstić information content (AvgIpc) is 2.27. The Kier molecular flexibility index (Phi) is 6.38. The maximum Gasteiger partial charge on any atom is 0.0784 e. The molecule has 89 valence electrons. The van der Waals surface area contributed by atoms with Crippen LogP contribution >= 0.6 is 0 Å². The zero-order valence-corrected chi connectivity index (χ0v) is 11.4. The lowest BCUT2D eigenvalue weighted by molar-refractivity contribution is -0.00514. The van der Waals surface area contributed by atoms with Crippen LogP contribution < -0.4 is 0 Å². The van der Waals surface area contributed by atoms with Gasteiger partial charge >= 0.3 is 0 Å². The van der Waals surface area contributed by atoms with Crippen LogP contribution in [0.4, 0.5) is 0 Å². The molecule has 1 radical (unpaired) electrons. The minimum Gasteiger partial charge on any atom is -0.382 e. The molecular formula is C13H21O2Si. The highest BCUT2D eigenvalue weighted by atomic mass is 28.3. The lowest BCUT2D eigenvalue weighted by Crippen LogP contribution is -2.20. The van der Waals surface area contributed by atoms with Crippen LogP contribution in [0.25, 0.3) is 0 Å². The number of ether oxygens (including phenoxy) is 2. The highest BCUT2D eigenvalue weighted by molar-refractivity contribution is 6.55. The van der Waals surface area contributed by atoms with E-state index < -0.39 is 0 Å². The number of benzene rings is 1. The molecule has 0 bridgehead atoms. The molecule has 3 heteroatoms. The third-order valence-electron chi connectivity index (χ3n) is 2.12. The van der Waals surface area contributed by atoms with E-state index in [1.807, 2.05) is 18.2 Å². The minimum atomic E-state index is -0.274. The molecule has 1 aromatic rings. The van der Waals surface area contributed by atoms with Crippen molar-refractivity contribution in [2.75, 3.05) is 12.8 Å². The Balaban J connectivity index is 2.13. The van der Waals surface area contributed by atoms with Crippen molar-refractivity contribution in [3.8, 4) is 0 Å². The van der Waals surface area contributed by atoms with E-state index in [2.05, 4.69) is 32.2 Å². The Hall–Kier alpha value is -0.643. The number of hydrogen-bond acceptors (Lipinski definition) is 2. The van der Waals surface area contributed by atoms with Crippen LogP contribution in [0.2, 0.25) is 13.1 Å². The van der Waals surface area contributed by atoms with Gasteiger partial charge in [-0.25, -0.2) is 0 Å². The molecule has 0 fully saturated rings. The largest absolute Gasteiger partial charge is 0.382 e. The maximum absolute atomic E-state index is 5.70. The molecule has 0 heterocycles. The van der Waals surface area contributed by atoms with Crippen LogP contribution in [0.3, 0.4) is 0 Å². The van der Waals surface area contributed by atoms with Gasteiger partial charge in [0.05, 0.1) is 28.1 Å². The summed E-state index contributed by atoms with van der Waals surface area (Å²) < 4.78 is 11.3. The Bertz CT molecular complexity index is 275. The molecule has 2 nitrogen and oxygen atoms in total. The summed E-state index contributed by atoms with van der Waals surface area (Å²) in [4.78, 5) is 0. The zero-order chi connectivity index (χ0) is 11.8. The van der Waals surface area contributed by atoms with E-state index in [0.29, 0.717) is 13.2 Å². The summed E-state index contributed by atoms with van der Waals surface area (Å²) >= 11 is 0. The lowest BCUT2D eigenvalue weighted by atomic mass is 10.2. The molecule has 0 aromatic heterocycles. The van der Waals surface area contributed by atoms with Gasteiger partial charge in [-0.2, -0.15) is 0 Å². The van der Waals surface area contributed by atoms with Crippen molar-refractivity contribution in [2.24, 2.45) is 0 Å². The second kappa shape index (κ2) is 7.60. The van der Waals surface area contributed by atoms with Gasteiger partial charge in [0.1, 0.15) is 0 Å². The van der Waals surface area contributed by atoms with E-state index in [-0.39, 0.29) is 14.9 Å². The van der Waals surface area contributed by atoms with E-state index >= 15 is 0 Å². The fraction of sp³-hybridized carbons (Fsp3) is 0.538. The Morgan fingerprint density at radius 1 is 1.19 bits per heavy atom. The Morgan fingerprint density at radius 3 is 2.50 bits per heavy atom. The van der Waals surface area contributed by atoms with E-state index in [0.717, 1.165) is 6.23 Å². The van der Waals surface area contributed by atoms with Crippen molar-refractivity contribution in [3.63, 3.8) is 0 Å². The van der Waals surface area contributed by atoms with E-state index in [1.54, 1.807) is 0 Å². The van der Waals surface area contributed by atoms with Gasteiger partial charge in [0, 0.05) is 6.23 Å². The van der Waals surface area contributed by atoms with Gasteiger partial charge in [0.15, 0.2) is 0 Å². The summed E-state index contributed by atoms with van der Waals surface area (Å²) in [6, 6.07) is 10.2. The van der Waals surface area contributed by atoms with Crippen LogP contribution in [0.1, 0.15) is 12.5 Å². The average molecular weight is 237 g/mol. The number of hydrogen-bond donors (Lipinski definition) is 0. The molecule has 16 heavy (non-hydrogen) atoms. The van der Waals surface area contributed by atoms with Crippen molar-refractivity contribution >= 4 is 8.80 Å². The van der Waals surface area contributed by atoms with Crippen molar-refractivity contribution in [2.45, 2.75) is 32.7 Å². The van der Waals surface area contributed by atoms with Crippen molar-refractivity contribution in [1.29, 1.82) is 0 Å². The van der Waals surface area contributed by atoms with Gasteiger partial charge in [0.25, 0.3) is 0 Å². The van der Waals surface area contributed by atoms with Crippen LogP contribution in [-0.2, 0) is 16.1 Å². The number of rotatable bonds is 7. The highest BCUT2D eigenvalue weighted by Gasteiger charge is 2.04. The summed E-state index contributed by atoms with van der Waals surface area (Å²) in [6.07, 6.45) is 1.07. The van der Waals surface area contributed by atoms with Gasteiger partial charge in [-0.15, -0.1) is 0 Å². The Morgan fingerprint density at radius 2 is 1.88 bits per heavy atom. The van der Waals surface area contributed by atoms with Crippen molar-refractivity contribution in [3.05, 3.63) is 35.9 Å². The first kappa shape index (κ1) is 13.4. The smallest absolute Gasteiger partial charge is 0.0784 e. The minimum absolute atomic E-state index is 0.168. The van der Waals surface area contributed by atoms with E-state index in [4.69, 9.17) is 9.47 Å². The highest BCUT2D eigenvalue weighted by Crippen LogP contribution is 2.03. The normalized spacial score (nSPS) is 13.0. The van der Waals surface area contributed by atoms with Gasteiger partial charge in [-0.1, -0.05) is 43.4 Å². The second-order valence-electron chi connectivity index (χ2n) is 4.33. The molecule has 1 rings (SSSR count).